The number of amides is 1. The standard InChI is InChI=1S/C21H27N9O/c1-6-29-18(7-12(2)27-29)21-24-20(25-26-21)15-8-14(19(22)31)9-17-16(15)10-23-30(17)13(3)11-28(4)5/h7-10,13H,6,11H2,1-5H3,(H2,22,31)(H,24,25,26)/t13-/m0/s1. The van der Waals surface area contributed by atoms with Crippen LogP contribution in [0.3, 0.4) is 0 Å². The van der Waals surface area contributed by atoms with Crippen LogP contribution in [0.25, 0.3) is 33.8 Å². The van der Waals surface area contributed by atoms with Gasteiger partial charge >= 0.3 is 0 Å². The molecule has 1 aromatic carbocycles. The molecule has 0 saturated carbocycles. The van der Waals surface area contributed by atoms with E-state index in [1.54, 1.807) is 18.3 Å². The first kappa shape index (κ1) is 20.7. The average molecular weight is 422 g/mol. The van der Waals surface area contributed by atoms with Crippen LogP contribution in [0, 0.1) is 6.92 Å². The highest BCUT2D eigenvalue weighted by Gasteiger charge is 2.20. The van der Waals surface area contributed by atoms with Gasteiger partial charge < -0.3 is 15.6 Å². The third-order valence-electron chi connectivity index (χ3n) is 5.23. The molecule has 0 bridgehead atoms. The molecule has 10 heteroatoms. The molecule has 0 aliphatic carbocycles. The summed E-state index contributed by atoms with van der Waals surface area (Å²) in [6.45, 7) is 7.58. The van der Waals surface area contributed by atoms with E-state index in [0.717, 1.165) is 40.9 Å². The van der Waals surface area contributed by atoms with Crippen LogP contribution in [0.5, 0.6) is 0 Å². The Balaban J connectivity index is 1.85. The zero-order valence-electron chi connectivity index (χ0n) is 18.4. The quantitative estimate of drug-likeness (QED) is 0.472. The lowest BCUT2D eigenvalue weighted by atomic mass is 10.0. The maximum Gasteiger partial charge on any atom is 0.248 e. The molecule has 0 fully saturated rings. The Morgan fingerprint density at radius 1 is 1.23 bits per heavy atom. The van der Waals surface area contributed by atoms with Gasteiger partial charge in [0.25, 0.3) is 0 Å². The molecule has 3 heterocycles. The number of nitrogens with one attached hydrogen (secondary N) is 1. The van der Waals surface area contributed by atoms with E-state index in [4.69, 9.17) is 5.73 Å². The maximum atomic E-state index is 12.0. The number of hydrogen-bond acceptors (Lipinski definition) is 6. The van der Waals surface area contributed by atoms with Gasteiger partial charge in [-0.05, 0) is 53.1 Å². The summed E-state index contributed by atoms with van der Waals surface area (Å²) in [5, 5.41) is 18.6. The van der Waals surface area contributed by atoms with Crippen LogP contribution in [0.1, 0.15) is 35.9 Å². The first-order valence-corrected chi connectivity index (χ1v) is 10.2. The van der Waals surface area contributed by atoms with Crippen molar-refractivity contribution in [3.05, 3.63) is 35.7 Å². The van der Waals surface area contributed by atoms with Crippen molar-refractivity contribution in [2.24, 2.45) is 5.73 Å². The number of rotatable bonds is 7. The van der Waals surface area contributed by atoms with Gasteiger partial charge in [-0.25, -0.2) is 0 Å². The summed E-state index contributed by atoms with van der Waals surface area (Å²) in [6.07, 6.45) is 1.80. The largest absolute Gasteiger partial charge is 0.366 e. The summed E-state index contributed by atoms with van der Waals surface area (Å²) < 4.78 is 3.79. The Kier molecular flexibility index (Phi) is 5.32. The Hall–Kier alpha value is -3.53. The van der Waals surface area contributed by atoms with Crippen molar-refractivity contribution in [3.8, 4) is 22.9 Å². The van der Waals surface area contributed by atoms with Crippen molar-refractivity contribution in [2.75, 3.05) is 20.6 Å². The van der Waals surface area contributed by atoms with Gasteiger partial charge in [0.2, 0.25) is 5.91 Å². The lowest BCUT2D eigenvalue weighted by Crippen LogP contribution is -2.23. The maximum absolute atomic E-state index is 12.0. The number of benzene rings is 1. The van der Waals surface area contributed by atoms with E-state index in [0.29, 0.717) is 17.2 Å². The molecule has 4 rings (SSSR count). The average Bonchev–Trinajstić information content (AvgIpc) is 3.43. The molecular formula is C21H27N9O. The molecule has 3 aromatic heterocycles. The van der Waals surface area contributed by atoms with E-state index < -0.39 is 5.91 Å². The molecule has 0 aliphatic rings. The fraction of sp³-hybridized carbons (Fsp3) is 0.381. The molecule has 0 saturated heterocycles. The zero-order chi connectivity index (χ0) is 22.3. The number of likely N-dealkylation sites (N-methyl/N-ethyl adjacent to an activating group) is 1. The number of carbonyl (C=O) groups is 1. The minimum atomic E-state index is -0.504. The summed E-state index contributed by atoms with van der Waals surface area (Å²) in [7, 11) is 4.03. The van der Waals surface area contributed by atoms with Crippen molar-refractivity contribution in [1.29, 1.82) is 0 Å². The first-order valence-electron chi connectivity index (χ1n) is 10.2. The Bertz CT molecular complexity index is 1250. The van der Waals surface area contributed by atoms with Gasteiger partial charge in [0, 0.05) is 29.6 Å². The molecule has 0 unspecified atom stereocenters. The SMILES string of the molecule is CCn1nc(C)cc1-c1nnc(-c2cc(C(N)=O)cc3c2cnn3[C@@H](C)CN(C)C)[nH]1. The molecular weight excluding hydrogens is 394 g/mol. The number of H-pyrrole nitrogens is 1. The topological polar surface area (TPSA) is 124 Å². The Morgan fingerprint density at radius 3 is 2.65 bits per heavy atom. The van der Waals surface area contributed by atoms with Crippen LogP contribution in [-0.4, -0.2) is 66.2 Å². The molecule has 0 aliphatic heterocycles. The summed E-state index contributed by atoms with van der Waals surface area (Å²) in [6, 6.07) is 5.59. The van der Waals surface area contributed by atoms with Gasteiger partial charge in [0.1, 0.15) is 5.69 Å². The molecule has 0 spiro atoms. The molecule has 31 heavy (non-hydrogen) atoms. The fourth-order valence-corrected chi connectivity index (χ4v) is 3.92. The van der Waals surface area contributed by atoms with Crippen LogP contribution in [0.4, 0.5) is 0 Å². The molecule has 1 atom stereocenters. The van der Waals surface area contributed by atoms with Gasteiger partial charge in [-0.15, -0.1) is 10.2 Å². The van der Waals surface area contributed by atoms with Crippen molar-refractivity contribution in [3.63, 3.8) is 0 Å². The van der Waals surface area contributed by atoms with Crippen LogP contribution in [0.2, 0.25) is 0 Å². The fourth-order valence-electron chi connectivity index (χ4n) is 3.92. The second-order valence-corrected chi connectivity index (χ2v) is 8.03. The number of primary amides is 1. The van der Waals surface area contributed by atoms with Gasteiger partial charge in [-0.3, -0.25) is 14.2 Å². The zero-order valence-corrected chi connectivity index (χ0v) is 18.4. The highest BCUT2D eigenvalue weighted by molar-refractivity contribution is 6.02. The number of fused-ring (bicyclic) bond motifs is 1. The van der Waals surface area contributed by atoms with E-state index >= 15 is 0 Å². The third-order valence-corrected chi connectivity index (χ3v) is 5.23. The molecule has 162 valence electrons. The van der Waals surface area contributed by atoms with Crippen molar-refractivity contribution in [2.45, 2.75) is 33.4 Å². The monoisotopic (exact) mass is 421 g/mol. The predicted molar refractivity (Wildman–Crippen MR) is 119 cm³/mol. The second-order valence-electron chi connectivity index (χ2n) is 8.03. The first-order chi connectivity index (χ1) is 14.8. The van der Waals surface area contributed by atoms with E-state index in [2.05, 4.69) is 37.2 Å². The molecule has 1 amide bonds. The van der Waals surface area contributed by atoms with E-state index in [9.17, 15) is 4.79 Å². The minimum absolute atomic E-state index is 0.107. The van der Waals surface area contributed by atoms with Crippen molar-refractivity contribution >= 4 is 16.8 Å². The van der Waals surface area contributed by atoms with Gasteiger partial charge in [0.15, 0.2) is 11.6 Å². The lowest BCUT2D eigenvalue weighted by Gasteiger charge is -2.18. The second kappa shape index (κ2) is 7.95. The van der Waals surface area contributed by atoms with Crippen LogP contribution in [0.15, 0.2) is 24.4 Å². The van der Waals surface area contributed by atoms with Crippen LogP contribution in [-0.2, 0) is 6.54 Å². The number of aromatic amines is 1. The highest BCUT2D eigenvalue weighted by atomic mass is 16.1. The Labute approximate surface area is 180 Å². The molecule has 0 radical (unpaired) electrons. The summed E-state index contributed by atoms with van der Waals surface area (Å²) >= 11 is 0. The summed E-state index contributed by atoms with van der Waals surface area (Å²) in [5.41, 5.74) is 9.35. The molecule has 4 aromatic rings. The van der Waals surface area contributed by atoms with Crippen LogP contribution >= 0.6 is 0 Å². The van der Waals surface area contributed by atoms with Gasteiger partial charge in [-0.2, -0.15) is 10.2 Å². The van der Waals surface area contributed by atoms with Crippen molar-refractivity contribution in [1.82, 2.24) is 39.6 Å². The molecule has 10 nitrogen and oxygen atoms in total. The molecule has 3 N–H and O–H groups in total. The van der Waals surface area contributed by atoms with E-state index in [1.807, 2.05) is 43.4 Å². The summed E-state index contributed by atoms with van der Waals surface area (Å²) in [4.78, 5) is 17.4. The minimum Gasteiger partial charge on any atom is -0.366 e. The van der Waals surface area contributed by atoms with E-state index in [-0.39, 0.29) is 6.04 Å². The number of aromatic nitrogens is 7. The summed E-state index contributed by atoms with van der Waals surface area (Å²) in [5.74, 6) is 0.656. The van der Waals surface area contributed by atoms with Gasteiger partial charge in [-0.1, -0.05) is 0 Å². The number of carbonyl (C=O) groups excluding carboxylic acids is 1. The number of aryl methyl sites for hydroxylation is 2. The lowest BCUT2D eigenvalue weighted by molar-refractivity contribution is 0.100. The normalized spacial score (nSPS) is 12.7. The van der Waals surface area contributed by atoms with Crippen molar-refractivity contribution < 1.29 is 4.79 Å². The number of hydrogen-bond donors (Lipinski definition) is 2. The predicted octanol–water partition coefficient (Wildman–Crippen LogP) is 2.23. The highest BCUT2D eigenvalue weighted by Crippen LogP contribution is 2.31. The number of nitrogens with zero attached hydrogens (tertiary/aromatic N) is 7. The van der Waals surface area contributed by atoms with Gasteiger partial charge in [0.05, 0.1) is 23.4 Å². The number of nitrogens with two attached hydrogens (primary N) is 1. The van der Waals surface area contributed by atoms with E-state index in [1.165, 1.54) is 0 Å². The Morgan fingerprint density at radius 2 is 1.97 bits per heavy atom. The smallest absolute Gasteiger partial charge is 0.248 e. The third kappa shape index (κ3) is 3.81. The van der Waals surface area contributed by atoms with Crippen LogP contribution < -0.4 is 5.73 Å².